The summed E-state index contributed by atoms with van der Waals surface area (Å²) in [4.78, 5) is 16.8. The molecule has 146 valence electrons. The summed E-state index contributed by atoms with van der Waals surface area (Å²) in [6, 6.07) is 4.10. The molecule has 4 rings (SSSR count). The van der Waals surface area contributed by atoms with Crippen molar-refractivity contribution in [3.05, 3.63) is 30.0 Å². The maximum Gasteiger partial charge on any atom is 0.289 e. The number of piperazine rings is 1. The lowest BCUT2D eigenvalue weighted by atomic mass is 9.95. The number of carbonyl (C=O) groups is 1. The van der Waals surface area contributed by atoms with Crippen molar-refractivity contribution in [3.63, 3.8) is 0 Å². The first-order chi connectivity index (χ1) is 13.3. The topological polar surface area (TPSA) is 80.3 Å². The molecule has 8 nitrogen and oxygen atoms in total. The summed E-state index contributed by atoms with van der Waals surface area (Å²) in [6.07, 6.45) is 8.67. The number of furan rings is 1. The van der Waals surface area contributed by atoms with E-state index in [1.165, 1.54) is 32.1 Å². The number of hydrogen-bond acceptors (Lipinski definition) is 6. The molecule has 0 bridgehead atoms. The van der Waals surface area contributed by atoms with Crippen LogP contribution in [0.1, 0.15) is 73.9 Å². The van der Waals surface area contributed by atoms with E-state index in [1.807, 2.05) is 4.90 Å². The fraction of sp³-hybridized carbons (Fsp3) is 0.684. The van der Waals surface area contributed by atoms with Crippen LogP contribution in [0.25, 0.3) is 0 Å². The highest BCUT2D eigenvalue weighted by Crippen LogP contribution is 2.31. The van der Waals surface area contributed by atoms with Gasteiger partial charge in [0.25, 0.3) is 5.91 Å². The van der Waals surface area contributed by atoms with Gasteiger partial charge in [0.15, 0.2) is 11.6 Å². The predicted octanol–water partition coefficient (Wildman–Crippen LogP) is 2.68. The van der Waals surface area contributed by atoms with Gasteiger partial charge in [-0.05, 0) is 41.8 Å². The molecule has 0 radical (unpaired) electrons. The molecule has 0 unspecified atom stereocenters. The predicted molar refractivity (Wildman–Crippen MR) is 99.2 cm³/mol. The Hall–Kier alpha value is -2.22. The number of hydrogen-bond donors (Lipinski definition) is 0. The lowest BCUT2D eigenvalue weighted by Crippen LogP contribution is -2.50. The second-order valence-electron chi connectivity index (χ2n) is 7.50. The molecule has 2 fully saturated rings. The van der Waals surface area contributed by atoms with Crippen molar-refractivity contribution in [1.29, 1.82) is 0 Å². The van der Waals surface area contributed by atoms with Crippen LogP contribution in [0.15, 0.2) is 22.8 Å². The number of rotatable bonds is 5. The number of nitrogens with zero attached hydrogens (tertiary/aromatic N) is 6. The maximum absolute atomic E-state index is 12.5. The zero-order valence-corrected chi connectivity index (χ0v) is 16.0. The molecule has 1 atom stereocenters. The van der Waals surface area contributed by atoms with Crippen molar-refractivity contribution >= 4 is 5.91 Å². The van der Waals surface area contributed by atoms with Crippen molar-refractivity contribution in [2.75, 3.05) is 26.2 Å². The van der Waals surface area contributed by atoms with Gasteiger partial charge in [-0.15, -0.1) is 5.10 Å². The van der Waals surface area contributed by atoms with Crippen LogP contribution in [0, 0.1) is 0 Å². The van der Waals surface area contributed by atoms with Crippen LogP contribution in [-0.2, 0) is 0 Å². The van der Waals surface area contributed by atoms with E-state index in [9.17, 15) is 4.79 Å². The van der Waals surface area contributed by atoms with Crippen molar-refractivity contribution in [2.24, 2.45) is 0 Å². The van der Waals surface area contributed by atoms with Crippen molar-refractivity contribution < 1.29 is 9.21 Å². The zero-order valence-electron chi connectivity index (χ0n) is 16.0. The van der Waals surface area contributed by atoms with E-state index in [0.29, 0.717) is 24.9 Å². The Kier molecular flexibility index (Phi) is 5.52. The average Bonchev–Trinajstić information content (AvgIpc) is 3.42. The van der Waals surface area contributed by atoms with Crippen molar-refractivity contribution in [2.45, 2.75) is 57.5 Å². The molecule has 8 heteroatoms. The molecule has 0 aromatic carbocycles. The molecule has 0 N–H and O–H groups in total. The molecule has 1 aliphatic carbocycles. The van der Waals surface area contributed by atoms with E-state index in [2.05, 4.69) is 32.0 Å². The molecule has 2 aromatic heterocycles. The Morgan fingerprint density at radius 2 is 2.00 bits per heavy atom. The van der Waals surface area contributed by atoms with Gasteiger partial charge in [-0.1, -0.05) is 26.2 Å². The third-order valence-corrected chi connectivity index (χ3v) is 5.90. The minimum atomic E-state index is -0.0280. The van der Waals surface area contributed by atoms with Gasteiger partial charge >= 0.3 is 0 Å². The van der Waals surface area contributed by atoms with Gasteiger partial charge in [-0.25, -0.2) is 4.68 Å². The fourth-order valence-corrected chi connectivity index (χ4v) is 4.40. The second kappa shape index (κ2) is 8.21. The summed E-state index contributed by atoms with van der Waals surface area (Å²) >= 11 is 0. The van der Waals surface area contributed by atoms with E-state index in [4.69, 9.17) is 4.42 Å². The van der Waals surface area contributed by atoms with E-state index >= 15 is 0 Å². The minimum Gasteiger partial charge on any atom is -0.459 e. The summed E-state index contributed by atoms with van der Waals surface area (Å²) in [5.74, 6) is 1.37. The largest absolute Gasteiger partial charge is 0.459 e. The Balaban J connectivity index is 1.42. The number of aromatic nitrogens is 4. The molecule has 3 heterocycles. The quantitative estimate of drug-likeness (QED) is 0.803. The van der Waals surface area contributed by atoms with E-state index in [0.717, 1.165) is 25.3 Å². The summed E-state index contributed by atoms with van der Waals surface area (Å²) in [5, 5.41) is 12.7. The smallest absolute Gasteiger partial charge is 0.289 e. The molecule has 1 amide bonds. The molecule has 27 heavy (non-hydrogen) atoms. The third-order valence-electron chi connectivity index (χ3n) is 5.90. The van der Waals surface area contributed by atoms with Crippen LogP contribution in [-0.4, -0.2) is 62.1 Å². The standard InChI is InChI=1S/C19H28N6O2/c1-2-16(18-20-21-22-25(18)15-7-4-3-5-8-15)23-10-12-24(13-11-23)19(26)17-9-6-14-27-17/h6,9,14-16H,2-5,7-8,10-13H2,1H3/t16-/m0/s1. The normalized spacial score (nSPS) is 20.7. The van der Waals surface area contributed by atoms with E-state index in [-0.39, 0.29) is 11.9 Å². The van der Waals surface area contributed by atoms with E-state index in [1.54, 1.807) is 18.4 Å². The van der Waals surface area contributed by atoms with Gasteiger partial charge in [0.2, 0.25) is 0 Å². The molecule has 0 spiro atoms. The van der Waals surface area contributed by atoms with Crippen LogP contribution in [0.3, 0.4) is 0 Å². The van der Waals surface area contributed by atoms with E-state index < -0.39 is 0 Å². The monoisotopic (exact) mass is 372 g/mol. The average molecular weight is 372 g/mol. The number of carbonyl (C=O) groups excluding carboxylic acids is 1. The van der Waals surface area contributed by atoms with Crippen molar-refractivity contribution in [1.82, 2.24) is 30.0 Å². The van der Waals surface area contributed by atoms with Gasteiger partial charge < -0.3 is 9.32 Å². The third kappa shape index (κ3) is 3.76. The second-order valence-corrected chi connectivity index (χ2v) is 7.50. The van der Waals surface area contributed by atoms with Gasteiger partial charge in [0.1, 0.15) is 0 Å². The van der Waals surface area contributed by atoms with Crippen LogP contribution < -0.4 is 0 Å². The molecule has 1 saturated heterocycles. The van der Waals surface area contributed by atoms with Gasteiger partial charge in [0.05, 0.1) is 18.3 Å². The highest BCUT2D eigenvalue weighted by atomic mass is 16.3. The van der Waals surface area contributed by atoms with Gasteiger partial charge in [-0.2, -0.15) is 0 Å². The SMILES string of the molecule is CC[C@@H](c1nnnn1C1CCCCC1)N1CCN(C(=O)c2ccco2)CC1. The Bertz CT molecular complexity index is 729. The van der Waals surface area contributed by atoms with Crippen LogP contribution in [0.2, 0.25) is 0 Å². The maximum atomic E-state index is 12.5. The lowest BCUT2D eigenvalue weighted by Gasteiger charge is -2.38. The van der Waals surface area contributed by atoms with Crippen molar-refractivity contribution in [3.8, 4) is 0 Å². The minimum absolute atomic E-state index is 0.0280. The molecular formula is C19H28N6O2. The van der Waals surface area contributed by atoms with Gasteiger partial charge in [0, 0.05) is 26.2 Å². The van der Waals surface area contributed by atoms with Crippen LogP contribution in [0.5, 0.6) is 0 Å². The first-order valence-corrected chi connectivity index (χ1v) is 10.1. The molecular weight excluding hydrogens is 344 g/mol. The summed E-state index contributed by atoms with van der Waals surface area (Å²) in [6.45, 7) is 5.22. The zero-order chi connectivity index (χ0) is 18.6. The number of tetrazole rings is 1. The molecule has 1 saturated carbocycles. The summed E-state index contributed by atoms with van der Waals surface area (Å²) in [5.41, 5.74) is 0. The molecule has 2 aliphatic rings. The van der Waals surface area contributed by atoms with Gasteiger partial charge in [-0.3, -0.25) is 9.69 Å². The first kappa shape index (κ1) is 18.2. The molecule has 1 aliphatic heterocycles. The summed E-state index contributed by atoms with van der Waals surface area (Å²) in [7, 11) is 0. The lowest BCUT2D eigenvalue weighted by molar-refractivity contribution is 0.0517. The number of amides is 1. The Labute approximate surface area is 159 Å². The fourth-order valence-electron chi connectivity index (χ4n) is 4.40. The first-order valence-electron chi connectivity index (χ1n) is 10.1. The summed E-state index contributed by atoms with van der Waals surface area (Å²) < 4.78 is 7.33. The Morgan fingerprint density at radius 1 is 1.22 bits per heavy atom. The molecule has 2 aromatic rings. The van der Waals surface area contributed by atoms with Crippen LogP contribution in [0.4, 0.5) is 0 Å². The van der Waals surface area contributed by atoms with Crippen LogP contribution >= 0.6 is 0 Å². The highest BCUT2D eigenvalue weighted by Gasteiger charge is 2.31. The Morgan fingerprint density at radius 3 is 2.67 bits per heavy atom. The highest BCUT2D eigenvalue weighted by molar-refractivity contribution is 5.91.